The Labute approximate surface area is 147 Å². The Bertz CT molecular complexity index is 726. The van der Waals surface area contributed by atoms with Gasteiger partial charge in [-0.05, 0) is 37.6 Å². The summed E-state index contributed by atoms with van der Waals surface area (Å²) >= 11 is 0. The summed E-state index contributed by atoms with van der Waals surface area (Å²) < 4.78 is 28.7. The van der Waals surface area contributed by atoms with Crippen molar-refractivity contribution in [3.8, 4) is 0 Å². The van der Waals surface area contributed by atoms with Crippen LogP contribution in [0.4, 0.5) is 5.69 Å². The molecule has 0 aromatic heterocycles. The third-order valence-corrected chi connectivity index (χ3v) is 5.48. The largest absolute Gasteiger partial charge is 0.378 e. The number of carbonyl (C=O) groups excluding carboxylic acids is 1. The van der Waals surface area contributed by atoms with Gasteiger partial charge in [0.1, 0.15) is 0 Å². The number of anilines is 1. The van der Waals surface area contributed by atoms with Crippen LogP contribution in [0.25, 0.3) is 0 Å². The molecule has 0 spiro atoms. The molecule has 138 valence electrons. The summed E-state index contributed by atoms with van der Waals surface area (Å²) in [6.45, 7) is 3.92. The minimum Gasteiger partial charge on any atom is -0.378 e. The second-order valence-corrected chi connectivity index (χ2v) is 7.89. The quantitative estimate of drug-likeness (QED) is 0.655. The zero-order valence-electron chi connectivity index (χ0n) is 14.0. The van der Waals surface area contributed by atoms with E-state index in [1.165, 1.54) is 12.1 Å². The lowest BCUT2D eigenvalue weighted by molar-refractivity contribution is 0.0948. The summed E-state index contributed by atoms with van der Waals surface area (Å²) in [5.74, 6) is -0.291. The molecule has 2 aliphatic rings. The molecule has 9 heteroatoms. The molecule has 0 aliphatic carbocycles. The first kappa shape index (κ1) is 18.1. The summed E-state index contributed by atoms with van der Waals surface area (Å²) in [5.41, 5.74) is 1.03. The number of nitrogens with one attached hydrogen (secondary N) is 2. The molecule has 3 rings (SSSR count). The molecule has 0 saturated carbocycles. The Morgan fingerprint density at radius 3 is 2.76 bits per heavy atom. The smallest absolute Gasteiger partial charge is 0.253 e. The minimum atomic E-state index is -3.87. The topological polar surface area (TPSA) is 114 Å². The lowest BCUT2D eigenvalue weighted by Gasteiger charge is -2.30. The third kappa shape index (κ3) is 4.49. The van der Waals surface area contributed by atoms with Crippen molar-refractivity contribution >= 4 is 21.6 Å². The highest BCUT2D eigenvalue weighted by atomic mass is 32.2. The number of morpholine rings is 1. The molecule has 25 heavy (non-hydrogen) atoms. The van der Waals surface area contributed by atoms with Gasteiger partial charge >= 0.3 is 0 Å². The van der Waals surface area contributed by atoms with Crippen LogP contribution in [0.3, 0.4) is 0 Å². The van der Waals surface area contributed by atoms with Gasteiger partial charge < -0.3 is 20.3 Å². The minimum absolute atomic E-state index is 0.0614. The monoisotopic (exact) mass is 368 g/mol. The highest BCUT2D eigenvalue weighted by Gasteiger charge is 2.22. The van der Waals surface area contributed by atoms with Crippen molar-refractivity contribution in [2.75, 3.05) is 44.3 Å². The number of nitrogens with zero attached hydrogens (tertiary/aromatic N) is 1. The van der Waals surface area contributed by atoms with E-state index in [2.05, 4.69) is 10.6 Å². The maximum Gasteiger partial charge on any atom is 0.253 e. The lowest BCUT2D eigenvalue weighted by Crippen LogP contribution is -2.40. The number of carbonyl (C=O) groups is 1. The number of sulfonamides is 1. The van der Waals surface area contributed by atoms with Crippen molar-refractivity contribution in [1.82, 2.24) is 10.6 Å². The fourth-order valence-corrected chi connectivity index (χ4v) is 3.74. The van der Waals surface area contributed by atoms with Gasteiger partial charge in [-0.1, -0.05) is 0 Å². The predicted octanol–water partition coefficient (Wildman–Crippen LogP) is -0.348. The molecule has 1 unspecified atom stereocenters. The average Bonchev–Trinajstić information content (AvgIpc) is 3.12. The molecule has 0 radical (unpaired) electrons. The molecule has 2 saturated heterocycles. The zero-order chi connectivity index (χ0) is 17.9. The summed E-state index contributed by atoms with van der Waals surface area (Å²) in [6.07, 6.45) is 2.12. The molecule has 8 nitrogen and oxygen atoms in total. The molecule has 2 fully saturated rings. The second kappa shape index (κ2) is 7.69. The second-order valence-electron chi connectivity index (χ2n) is 6.33. The van der Waals surface area contributed by atoms with Gasteiger partial charge in [-0.2, -0.15) is 0 Å². The maximum atomic E-state index is 12.7. The Hall–Kier alpha value is -1.68. The van der Waals surface area contributed by atoms with Crippen LogP contribution in [0.1, 0.15) is 23.2 Å². The number of amides is 1. The SMILES string of the molecule is NS(=O)(=O)c1ccc(N2CCOCC2)c(C(=O)NCC2CCCN2)c1. The van der Waals surface area contributed by atoms with Crippen LogP contribution >= 0.6 is 0 Å². The number of rotatable bonds is 5. The van der Waals surface area contributed by atoms with Gasteiger partial charge in [-0.3, -0.25) is 4.79 Å². The Morgan fingerprint density at radius 1 is 1.36 bits per heavy atom. The number of primary sulfonamides is 1. The lowest BCUT2D eigenvalue weighted by atomic mass is 10.1. The van der Waals surface area contributed by atoms with Crippen molar-refractivity contribution in [2.45, 2.75) is 23.8 Å². The highest BCUT2D eigenvalue weighted by molar-refractivity contribution is 7.89. The fraction of sp³-hybridized carbons (Fsp3) is 0.562. The first-order chi connectivity index (χ1) is 11.9. The molecular formula is C16H24N4O4S. The van der Waals surface area contributed by atoms with E-state index < -0.39 is 10.0 Å². The van der Waals surface area contributed by atoms with Crippen LogP contribution in [-0.2, 0) is 14.8 Å². The Kier molecular flexibility index (Phi) is 5.57. The average molecular weight is 368 g/mol. The standard InChI is InChI=1S/C16H24N4O4S/c17-25(22,23)13-3-4-15(20-6-8-24-9-7-20)14(10-13)16(21)19-11-12-2-1-5-18-12/h3-4,10,12,18H,1-2,5-9,11H2,(H,19,21)(H2,17,22,23). The number of benzene rings is 1. The van der Waals surface area contributed by atoms with Gasteiger partial charge in [-0.15, -0.1) is 0 Å². The maximum absolute atomic E-state index is 12.7. The molecule has 0 bridgehead atoms. The number of nitrogens with two attached hydrogens (primary N) is 1. The third-order valence-electron chi connectivity index (χ3n) is 4.56. The van der Waals surface area contributed by atoms with E-state index in [0.29, 0.717) is 44.1 Å². The van der Waals surface area contributed by atoms with Crippen molar-refractivity contribution in [1.29, 1.82) is 0 Å². The molecule has 1 aromatic rings. The summed E-state index contributed by atoms with van der Waals surface area (Å²) in [6, 6.07) is 4.71. The number of hydrogen-bond donors (Lipinski definition) is 3. The van der Waals surface area contributed by atoms with Crippen LogP contribution in [0.5, 0.6) is 0 Å². The predicted molar refractivity (Wildman–Crippen MR) is 94.2 cm³/mol. The van der Waals surface area contributed by atoms with Gasteiger partial charge in [0.25, 0.3) is 5.91 Å². The van der Waals surface area contributed by atoms with E-state index in [1.54, 1.807) is 6.07 Å². The van der Waals surface area contributed by atoms with Crippen LogP contribution < -0.4 is 20.7 Å². The Balaban J connectivity index is 1.85. The van der Waals surface area contributed by atoms with Gasteiger partial charge in [-0.25, -0.2) is 13.6 Å². The van der Waals surface area contributed by atoms with Crippen molar-refractivity contribution in [3.05, 3.63) is 23.8 Å². The van der Waals surface area contributed by atoms with Gasteiger partial charge in [0.05, 0.1) is 23.7 Å². The number of hydrogen-bond acceptors (Lipinski definition) is 6. The fourth-order valence-electron chi connectivity index (χ4n) is 3.20. The molecule has 2 aliphatic heterocycles. The van der Waals surface area contributed by atoms with E-state index >= 15 is 0 Å². The first-order valence-corrected chi connectivity index (χ1v) is 10.0. The molecule has 2 heterocycles. The van der Waals surface area contributed by atoms with E-state index in [0.717, 1.165) is 19.4 Å². The van der Waals surface area contributed by atoms with Gasteiger partial charge in [0, 0.05) is 31.4 Å². The van der Waals surface area contributed by atoms with Crippen molar-refractivity contribution in [3.63, 3.8) is 0 Å². The highest BCUT2D eigenvalue weighted by Crippen LogP contribution is 2.25. The van der Waals surface area contributed by atoms with Gasteiger partial charge in [0.15, 0.2) is 0 Å². The van der Waals surface area contributed by atoms with Gasteiger partial charge in [0.2, 0.25) is 10.0 Å². The molecular weight excluding hydrogens is 344 g/mol. The van der Waals surface area contributed by atoms with Crippen LogP contribution in [0.15, 0.2) is 23.1 Å². The summed E-state index contributed by atoms with van der Waals surface area (Å²) in [7, 11) is -3.87. The Morgan fingerprint density at radius 2 is 2.12 bits per heavy atom. The first-order valence-electron chi connectivity index (χ1n) is 8.46. The normalized spacial score (nSPS) is 21.3. The van der Waals surface area contributed by atoms with E-state index in [9.17, 15) is 13.2 Å². The molecule has 1 aromatic carbocycles. The van der Waals surface area contributed by atoms with E-state index in [4.69, 9.17) is 9.88 Å². The number of ether oxygens (including phenoxy) is 1. The van der Waals surface area contributed by atoms with Crippen LogP contribution in [0.2, 0.25) is 0 Å². The van der Waals surface area contributed by atoms with E-state index in [1.807, 2.05) is 4.90 Å². The molecule has 1 amide bonds. The summed E-state index contributed by atoms with van der Waals surface area (Å²) in [5, 5.41) is 11.4. The zero-order valence-corrected chi connectivity index (χ0v) is 14.8. The summed E-state index contributed by atoms with van der Waals surface area (Å²) in [4.78, 5) is 14.7. The van der Waals surface area contributed by atoms with E-state index in [-0.39, 0.29) is 16.8 Å². The molecule has 4 N–H and O–H groups in total. The van der Waals surface area contributed by atoms with Crippen molar-refractivity contribution in [2.24, 2.45) is 5.14 Å². The van der Waals surface area contributed by atoms with Crippen LogP contribution in [-0.4, -0.2) is 59.8 Å². The van der Waals surface area contributed by atoms with Crippen molar-refractivity contribution < 1.29 is 17.9 Å². The van der Waals surface area contributed by atoms with Crippen LogP contribution in [0, 0.1) is 0 Å². The molecule has 1 atom stereocenters.